The van der Waals surface area contributed by atoms with Gasteiger partial charge in [-0.15, -0.1) is 11.3 Å². The van der Waals surface area contributed by atoms with Crippen LogP contribution in [0.5, 0.6) is 5.75 Å². The summed E-state index contributed by atoms with van der Waals surface area (Å²) >= 11 is 1.71. The van der Waals surface area contributed by atoms with E-state index in [0.717, 1.165) is 21.9 Å². The van der Waals surface area contributed by atoms with E-state index in [1.54, 1.807) is 23.5 Å². The lowest BCUT2D eigenvalue weighted by Gasteiger charge is -2.26. The van der Waals surface area contributed by atoms with E-state index in [4.69, 9.17) is 9.72 Å². The summed E-state index contributed by atoms with van der Waals surface area (Å²) in [5.74, 6) is 0.958. The van der Waals surface area contributed by atoms with Crippen molar-refractivity contribution in [1.29, 1.82) is 0 Å². The lowest BCUT2D eigenvalue weighted by atomic mass is 9.94. The lowest BCUT2D eigenvalue weighted by molar-refractivity contribution is 0.120. The first-order valence-electron chi connectivity index (χ1n) is 10.7. The number of hydrogen-bond donors (Lipinski definition) is 2. The smallest absolute Gasteiger partial charge is 0.244 e. The molecule has 2 saturated carbocycles. The standard InChI is InChI=1S/C22H27N3O4S2/c1-13-21(25-12-19(14-3-4-14)30-22(25)23-13)15-5-10-18(29-2)20(11-15)31(27,28)24-16-6-8-17(26)9-7-16/h5,10-12,14,16-17,24,26H,3-4,6-9H2,1-2H3. The van der Waals surface area contributed by atoms with Crippen molar-refractivity contribution >= 4 is 26.3 Å². The van der Waals surface area contributed by atoms with Crippen molar-refractivity contribution in [3.8, 4) is 17.0 Å². The van der Waals surface area contributed by atoms with Crippen molar-refractivity contribution in [2.24, 2.45) is 0 Å². The van der Waals surface area contributed by atoms with Crippen molar-refractivity contribution in [3.05, 3.63) is 35.0 Å². The van der Waals surface area contributed by atoms with Crippen LogP contribution in [0.15, 0.2) is 29.3 Å². The molecule has 0 aliphatic heterocycles. The second-order valence-corrected chi connectivity index (χ2v) is 11.3. The first kappa shape index (κ1) is 20.9. The fraction of sp³-hybridized carbons (Fsp3) is 0.500. The Balaban J connectivity index is 1.53. The first-order chi connectivity index (χ1) is 14.9. The number of aryl methyl sites for hydroxylation is 1. The molecule has 166 valence electrons. The maximum absolute atomic E-state index is 13.3. The molecule has 0 unspecified atom stereocenters. The molecule has 2 heterocycles. The van der Waals surface area contributed by atoms with Gasteiger partial charge in [0.1, 0.15) is 10.6 Å². The summed E-state index contributed by atoms with van der Waals surface area (Å²) in [5.41, 5.74) is 2.58. The van der Waals surface area contributed by atoms with E-state index in [9.17, 15) is 13.5 Å². The quantitative estimate of drug-likeness (QED) is 0.582. The molecule has 1 aromatic carbocycles. The van der Waals surface area contributed by atoms with Gasteiger partial charge in [0.05, 0.1) is 24.6 Å². The summed E-state index contributed by atoms with van der Waals surface area (Å²) < 4.78 is 36.8. The number of imidazole rings is 1. The molecule has 0 atom stereocenters. The Morgan fingerprint density at radius 2 is 1.94 bits per heavy atom. The van der Waals surface area contributed by atoms with Crippen molar-refractivity contribution < 1.29 is 18.3 Å². The number of nitrogens with zero attached hydrogens (tertiary/aromatic N) is 2. The number of benzene rings is 1. The number of fused-ring (bicyclic) bond motifs is 1. The van der Waals surface area contributed by atoms with Gasteiger partial charge in [0.2, 0.25) is 10.0 Å². The molecule has 2 aliphatic rings. The third-order valence-corrected chi connectivity index (χ3v) is 8.93. The Bertz CT molecular complexity index is 1220. The molecular weight excluding hydrogens is 434 g/mol. The monoisotopic (exact) mass is 461 g/mol. The van der Waals surface area contributed by atoms with Gasteiger partial charge in [-0.25, -0.2) is 18.1 Å². The zero-order chi connectivity index (χ0) is 21.8. The predicted molar refractivity (Wildman–Crippen MR) is 120 cm³/mol. The van der Waals surface area contributed by atoms with Crippen LogP contribution in [0.25, 0.3) is 16.2 Å². The highest BCUT2D eigenvalue weighted by Gasteiger charge is 2.29. The van der Waals surface area contributed by atoms with Crippen LogP contribution < -0.4 is 9.46 Å². The minimum Gasteiger partial charge on any atom is -0.495 e. The maximum atomic E-state index is 13.3. The number of rotatable bonds is 6. The lowest BCUT2D eigenvalue weighted by Crippen LogP contribution is -2.38. The molecular formula is C22H27N3O4S2. The molecule has 2 fully saturated rings. The molecule has 2 aromatic heterocycles. The number of nitrogens with one attached hydrogen (secondary N) is 1. The molecule has 2 N–H and O–H groups in total. The highest BCUT2D eigenvalue weighted by atomic mass is 32.2. The van der Waals surface area contributed by atoms with E-state index < -0.39 is 10.0 Å². The van der Waals surface area contributed by atoms with E-state index in [1.165, 1.54) is 24.8 Å². The van der Waals surface area contributed by atoms with Gasteiger partial charge in [-0.05, 0) is 69.6 Å². The van der Waals surface area contributed by atoms with Crippen LogP contribution in [-0.4, -0.2) is 42.2 Å². The molecule has 0 bridgehead atoms. The minimum absolute atomic E-state index is 0.130. The second kappa shape index (κ2) is 7.88. The molecule has 0 radical (unpaired) electrons. The van der Waals surface area contributed by atoms with E-state index >= 15 is 0 Å². The van der Waals surface area contributed by atoms with Crippen LogP contribution >= 0.6 is 11.3 Å². The fourth-order valence-corrected chi connectivity index (χ4v) is 7.08. The van der Waals surface area contributed by atoms with Crippen LogP contribution in [0.1, 0.15) is 55.0 Å². The average molecular weight is 462 g/mol. The average Bonchev–Trinajstić information content (AvgIpc) is 3.44. The molecule has 0 saturated heterocycles. The molecule has 2 aliphatic carbocycles. The van der Waals surface area contributed by atoms with E-state index in [0.29, 0.717) is 37.4 Å². The molecule has 9 heteroatoms. The maximum Gasteiger partial charge on any atom is 0.244 e. The summed E-state index contributed by atoms with van der Waals surface area (Å²) in [6.45, 7) is 1.95. The Kier molecular flexibility index (Phi) is 5.32. The first-order valence-corrected chi connectivity index (χ1v) is 13.0. The third kappa shape index (κ3) is 4.00. The van der Waals surface area contributed by atoms with Gasteiger partial charge in [0, 0.05) is 22.7 Å². The number of hydrogen-bond acceptors (Lipinski definition) is 6. The van der Waals surface area contributed by atoms with Gasteiger partial charge in [0.15, 0.2) is 4.96 Å². The zero-order valence-electron chi connectivity index (χ0n) is 17.7. The van der Waals surface area contributed by atoms with E-state index in [1.807, 2.05) is 13.0 Å². The Morgan fingerprint density at radius 1 is 1.19 bits per heavy atom. The van der Waals surface area contributed by atoms with Gasteiger partial charge in [-0.3, -0.25) is 4.40 Å². The third-order valence-electron chi connectivity index (χ3n) is 6.24. The highest BCUT2D eigenvalue weighted by Crippen LogP contribution is 2.44. The number of sulfonamides is 1. The van der Waals surface area contributed by atoms with Gasteiger partial charge in [0.25, 0.3) is 0 Å². The second-order valence-electron chi connectivity index (χ2n) is 8.60. The molecule has 31 heavy (non-hydrogen) atoms. The zero-order valence-corrected chi connectivity index (χ0v) is 19.3. The van der Waals surface area contributed by atoms with Crippen molar-refractivity contribution in [1.82, 2.24) is 14.1 Å². The fourth-order valence-electron chi connectivity index (χ4n) is 4.39. The Labute approximate surface area is 186 Å². The van der Waals surface area contributed by atoms with E-state index in [-0.39, 0.29) is 17.0 Å². The van der Waals surface area contributed by atoms with Crippen LogP contribution in [0.3, 0.4) is 0 Å². The highest BCUT2D eigenvalue weighted by molar-refractivity contribution is 7.89. The van der Waals surface area contributed by atoms with Crippen molar-refractivity contribution in [2.45, 2.75) is 68.4 Å². The minimum atomic E-state index is -3.78. The molecule has 7 nitrogen and oxygen atoms in total. The molecule has 0 spiro atoms. The van der Waals surface area contributed by atoms with E-state index in [2.05, 4.69) is 15.3 Å². The number of aromatic nitrogens is 2. The number of aliphatic hydroxyl groups is 1. The SMILES string of the molecule is COc1ccc(-c2c(C)nc3sc(C4CC4)cn23)cc1S(=O)(=O)NC1CCC(O)CC1. The number of methoxy groups -OCH3 is 1. The topological polar surface area (TPSA) is 92.9 Å². The molecule has 5 rings (SSSR count). The number of thiazole rings is 1. The van der Waals surface area contributed by atoms with Crippen LogP contribution in [0.2, 0.25) is 0 Å². The van der Waals surface area contributed by atoms with Gasteiger partial charge in [-0.1, -0.05) is 0 Å². The summed E-state index contributed by atoms with van der Waals surface area (Å²) in [6, 6.07) is 5.11. The summed E-state index contributed by atoms with van der Waals surface area (Å²) in [7, 11) is -2.30. The van der Waals surface area contributed by atoms with Gasteiger partial charge in [-0.2, -0.15) is 0 Å². The predicted octanol–water partition coefficient (Wildman–Crippen LogP) is 3.84. The molecule has 3 aromatic rings. The van der Waals surface area contributed by atoms with Crippen molar-refractivity contribution in [2.75, 3.05) is 7.11 Å². The number of ether oxygens (including phenoxy) is 1. The summed E-state index contributed by atoms with van der Waals surface area (Å²) in [4.78, 5) is 7.12. The van der Waals surface area contributed by atoms with Gasteiger partial charge < -0.3 is 9.84 Å². The van der Waals surface area contributed by atoms with Crippen molar-refractivity contribution in [3.63, 3.8) is 0 Å². The van der Waals surface area contributed by atoms with Crippen LogP contribution in [0, 0.1) is 6.92 Å². The normalized spacial score (nSPS) is 22.2. The Morgan fingerprint density at radius 3 is 2.61 bits per heavy atom. The summed E-state index contributed by atoms with van der Waals surface area (Å²) in [6.07, 6.45) is 6.75. The van der Waals surface area contributed by atoms with Gasteiger partial charge >= 0.3 is 0 Å². The largest absolute Gasteiger partial charge is 0.495 e. The Hall–Kier alpha value is -1.94. The molecule has 0 amide bonds. The summed E-state index contributed by atoms with van der Waals surface area (Å²) in [5, 5.41) is 9.71. The van der Waals surface area contributed by atoms with Crippen LogP contribution in [-0.2, 0) is 10.0 Å². The van der Waals surface area contributed by atoms with Crippen LogP contribution in [0.4, 0.5) is 0 Å². The number of aliphatic hydroxyl groups excluding tert-OH is 1.